The van der Waals surface area contributed by atoms with Gasteiger partial charge in [0.1, 0.15) is 0 Å². The standard InChI is InChI=1S/C14H15N3O6S/c1-23-13(19)9-2-4-11(5-3-9)24(21,22)16-7-10(8-16)17-12(18)6-15-14(17)20/h2-5,10H,6-8H2,1H3,(H,15,20). The summed E-state index contributed by atoms with van der Waals surface area (Å²) < 4.78 is 30.7. The maximum Gasteiger partial charge on any atom is 0.337 e. The third kappa shape index (κ3) is 2.63. The number of hydrogen-bond donors (Lipinski definition) is 1. The van der Waals surface area contributed by atoms with E-state index < -0.39 is 28.1 Å². The Bertz CT molecular complexity index is 782. The lowest BCUT2D eigenvalue weighted by Crippen LogP contribution is -2.62. The van der Waals surface area contributed by atoms with Gasteiger partial charge in [-0.15, -0.1) is 0 Å². The predicted molar refractivity (Wildman–Crippen MR) is 80.6 cm³/mol. The second-order valence-corrected chi connectivity index (χ2v) is 7.35. The number of rotatable bonds is 4. The van der Waals surface area contributed by atoms with E-state index in [4.69, 9.17) is 0 Å². The number of imide groups is 1. The second-order valence-electron chi connectivity index (χ2n) is 5.41. The summed E-state index contributed by atoms with van der Waals surface area (Å²) in [7, 11) is -2.50. The van der Waals surface area contributed by atoms with Crippen LogP contribution in [0, 0.1) is 0 Å². The molecule has 0 aliphatic carbocycles. The van der Waals surface area contributed by atoms with Gasteiger partial charge in [0.05, 0.1) is 30.2 Å². The van der Waals surface area contributed by atoms with E-state index >= 15 is 0 Å². The Morgan fingerprint density at radius 3 is 2.33 bits per heavy atom. The van der Waals surface area contributed by atoms with Gasteiger partial charge in [0.2, 0.25) is 15.9 Å². The molecule has 2 fully saturated rings. The number of benzene rings is 1. The van der Waals surface area contributed by atoms with Crippen molar-refractivity contribution in [1.82, 2.24) is 14.5 Å². The van der Waals surface area contributed by atoms with Gasteiger partial charge in [-0.05, 0) is 24.3 Å². The Morgan fingerprint density at radius 1 is 1.21 bits per heavy atom. The summed E-state index contributed by atoms with van der Waals surface area (Å²) >= 11 is 0. The lowest BCUT2D eigenvalue weighted by atomic mass is 10.1. The van der Waals surface area contributed by atoms with Crippen molar-refractivity contribution in [2.75, 3.05) is 26.7 Å². The number of urea groups is 1. The van der Waals surface area contributed by atoms with Gasteiger partial charge in [0.15, 0.2) is 0 Å². The minimum atomic E-state index is -3.74. The molecule has 0 aromatic heterocycles. The molecule has 128 valence electrons. The zero-order chi connectivity index (χ0) is 17.5. The van der Waals surface area contributed by atoms with Crippen LogP contribution in [-0.2, 0) is 19.6 Å². The molecular weight excluding hydrogens is 338 g/mol. The van der Waals surface area contributed by atoms with Gasteiger partial charge in [0.25, 0.3) is 0 Å². The number of sulfonamides is 1. The Morgan fingerprint density at radius 2 is 1.83 bits per heavy atom. The molecule has 2 heterocycles. The lowest BCUT2D eigenvalue weighted by Gasteiger charge is -2.41. The molecule has 1 aromatic rings. The van der Waals surface area contributed by atoms with E-state index in [9.17, 15) is 22.8 Å². The molecule has 10 heteroatoms. The van der Waals surface area contributed by atoms with Crippen LogP contribution in [0.25, 0.3) is 0 Å². The summed E-state index contributed by atoms with van der Waals surface area (Å²) in [6.07, 6.45) is 0. The predicted octanol–water partition coefficient (Wildman–Crippen LogP) is -0.602. The summed E-state index contributed by atoms with van der Waals surface area (Å²) in [6, 6.07) is 4.43. The van der Waals surface area contributed by atoms with E-state index in [-0.39, 0.29) is 36.0 Å². The molecule has 9 nitrogen and oxygen atoms in total. The Balaban J connectivity index is 1.70. The molecule has 2 aliphatic heterocycles. The molecule has 0 spiro atoms. The highest BCUT2D eigenvalue weighted by Gasteiger charge is 2.45. The third-order valence-corrected chi connectivity index (χ3v) is 5.83. The molecule has 2 aliphatic rings. The van der Waals surface area contributed by atoms with Crippen molar-refractivity contribution in [3.8, 4) is 0 Å². The lowest BCUT2D eigenvalue weighted by molar-refractivity contribution is -0.128. The van der Waals surface area contributed by atoms with Crippen molar-refractivity contribution in [3.63, 3.8) is 0 Å². The molecule has 0 radical (unpaired) electrons. The summed E-state index contributed by atoms with van der Waals surface area (Å²) in [5.74, 6) is -0.911. The molecule has 3 rings (SSSR count). The van der Waals surface area contributed by atoms with Crippen molar-refractivity contribution < 1.29 is 27.5 Å². The highest BCUT2D eigenvalue weighted by Crippen LogP contribution is 2.25. The first kappa shape index (κ1) is 16.4. The number of carbonyl (C=O) groups excluding carboxylic acids is 3. The molecule has 0 unspecified atom stereocenters. The number of ether oxygens (including phenoxy) is 1. The number of carbonyl (C=O) groups is 3. The van der Waals surface area contributed by atoms with Crippen LogP contribution >= 0.6 is 0 Å². The molecule has 1 N–H and O–H groups in total. The maximum atomic E-state index is 12.5. The number of esters is 1. The summed E-state index contributed by atoms with van der Waals surface area (Å²) in [4.78, 5) is 35.6. The zero-order valence-corrected chi connectivity index (χ0v) is 13.6. The van der Waals surface area contributed by atoms with Crippen molar-refractivity contribution >= 4 is 27.9 Å². The molecule has 24 heavy (non-hydrogen) atoms. The zero-order valence-electron chi connectivity index (χ0n) is 12.8. The van der Waals surface area contributed by atoms with Gasteiger partial charge < -0.3 is 10.1 Å². The normalized spacial score (nSPS) is 19.1. The average molecular weight is 353 g/mol. The first-order chi connectivity index (χ1) is 11.3. The van der Waals surface area contributed by atoms with Crippen LogP contribution in [0.5, 0.6) is 0 Å². The summed E-state index contributed by atoms with van der Waals surface area (Å²) in [5.41, 5.74) is 0.247. The second kappa shape index (κ2) is 5.87. The van der Waals surface area contributed by atoms with Crippen LogP contribution < -0.4 is 5.32 Å². The molecule has 1 aromatic carbocycles. The van der Waals surface area contributed by atoms with Crippen molar-refractivity contribution in [1.29, 1.82) is 0 Å². The van der Waals surface area contributed by atoms with Crippen LogP contribution in [0.4, 0.5) is 4.79 Å². The van der Waals surface area contributed by atoms with Crippen molar-refractivity contribution in [2.24, 2.45) is 0 Å². The highest BCUT2D eigenvalue weighted by atomic mass is 32.2. The molecule has 0 bridgehead atoms. The van der Waals surface area contributed by atoms with Gasteiger partial charge >= 0.3 is 12.0 Å². The van der Waals surface area contributed by atoms with Crippen LogP contribution in [0.15, 0.2) is 29.2 Å². The van der Waals surface area contributed by atoms with Gasteiger partial charge in [-0.3, -0.25) is 9.69 Å². The van der Waals surface area contributed by atoms with Crippen molar-refractivity contribution in [2.45, 2.75) is 10.9 Å². The van der Waals surface area contributed by atoms with Crippen molar-refractivity contribution in [3.05, 3.63) is 29.8 Å². The Hall–Kier alpha value is -2.46. The average Bonchev–Trinajstić information content (AvgIpc) is 2.85. The number of hydrogen-bond acceptors (Lipinski definition) is 6. The van der Waals surface area contributed by atoms with E-state index in [1.54, 1.807) is 0 Å². The van der Waals surface area contributed by atoms with Gasteiger partial charge in [-0.25, -0.2) is 18.0 Å². The highest BCUT2D eigenvalue weighted by molar-refractivity contribution is 7.89. The smallest absolute Gasteiger partial charge is 0.337 e. The van der Waals surface area contributed by atoms with Crippen LogP contribution in [0.1, 0.15) is 10.4 Å². The molecule has 2 saturated heterocycles. The van der Waals surface area contributed by atoms with E-state index in [1.807, 2.05) is 0 Å². The maximum absolute atomic E-state index is 12.5. The molecule has 0 atom stereocenters. The monoisotopic (exact) mass is 353 g/mol. The largest absolute Gasteiger partial charge is 0.465 e. The molecular formula is C14H15N3O6S. The summed E-state index contributed by atoms with van der Waals surface area (Å²) in [6.45, 7) is 0.0531. The first-order valence-corrected chi connectivity index (χ1v) is 8.57. The first-order valence-electron chi connectivity index (χ1n) is 7.13. The quantitative estimate of drug-likeness (QED) is 0.571. The topological polar surface area (TPSA) is 113 Å². The minimum Gasteiger partial charge on any atom is -0.465 e. The SMILES string of the molecule is COC(=O)c1ccc(S(=O)(=O)N2CC(N3C(=O)CNC3=O)C2)cc1. The van der Waals surface area contributed by atoms with Gasteiger partial charge in [-0.1, -0.05) is 0 Å². The number of methoxy groups -OCH3 is 1. The Labute approximate surface area is 138 Å². The van der Waals surface area contributed by atoms with Crippen LogP contribution in [0.3, 0.4) is 0 Å². The van der Waals surface area contributed by atoms with Gasteiger partial charge in [0, 0.05) is 13.1 Å². The van der Waals surface area contributed by atoms with E-state index in [0.717, 1.165) is 4.90 Å². The van der Waals surface area contributed by atoms with E-state index in [2.05, 4.69) is 10.1 Å². The number of nitrogens with zero attached hydrogens (tertiary/aromatic N) is 2. The van der Waals surface area contributed by atoms with Crippen LogP contribution in [-0.4, -0.2) is 68.3 Å². The minimum absolute atomic E-state index is 0.0332. The van der Waals surface area contributed by atoms with E-state index in [0.29, 0.717) is 0 Å². The number of amides is 3. The van der Waals surface area contributed by atoms with Gasteiger partial charge in [-0.2, -0.15) is 4.31 Å². The third-order valence-electron chi connectivity index (χ3n) is 3.99. The number of nitrogens with one attached hydrogen (secondary N) is 1. The van der Waals surface area contributed by atoms with E-state index in [1.165, 1.54) is 35.7 Å². The molecule has 3 amide bonds. The molecule has 0 saturated carbocycles. The fraction of sp³-hybridized carbons (Fsp3) is 0.357. The fourth-order valence-corrected chi connectivity index (χ4v) is 4.13. The summed E-state index contributed by atoms with van der Waals surface area (Å²) in [5, 5.41) is 2.40. The fourth-order valence-electron chi connectivity index (χ4n) is 2.61. The van der Waals surface area contributed by atoms with Crippen LogP contribution in [0.2, 0.25) is 0 Å². The Kier molecular flexibility index (Phi) is 4.01.